The first-order valence-electron chi connectivity index (χ1n) is 11.1. The van der Waals surface area contributed by atoms with Crippen LogP contribution in [-0.2, 0) is 0 Å². The molecule has 0 saturated carbocycles. The van der Waals surface area contributed by atoms with Gasteiger partial charge in [0.15, 0.2) is 5.11 Å². The Labute approximate surface area is 211 Å². The fraction of sp³-hybridized carbons (Fsp3) is 0.154. The van der Waals surface area contributed by atoms with E-state index in [0.717, 1.165) is 5.69 Å². The zero-order chi connectivity index (χ0) is 25.4. The van der Waals surface area contributed by atoms with Crippen LogP contribution in [0.2, 0.25) is 0 Å². The van der Waals surface area contributed by atoms with Crippen LogP contribution in [0.25, 0.3) is 11.3 Å². The van der Waals surface area contributed by atoms with Crippen molar-refractivity contribution in [2.75, 3.05) is 12.0 Å². The van der Waals surface area contributed by atoms with Gasteiger partial charge in [0.2, 0.25) is 0 Å². The molecule has 0 aliphatic carbocycles. The Morgan fingerprint density at radius 3 is 2.69 bits per heavy atom. The third-order valence-corrected chi connectivity index (χ3v) is 6.41. The van der Waals surface area contributed by atoms with Crippen molar-refractivity contribution in [1.82, 2.24) is 10.3 Å². The number of nitro groups is 1. The molecule has 1 aliphatic heterocycles. The van der Waals surface area contributed by atoms with Crippen LogP contribution >= 0.6 is 12.2 Å². The van der Waals surface area contributed by atoms with Gasteiger partial charge < -0.3 is 19.4 Å². The van der Waals surface area contributed by atoms with Crippen molar-refractivity contribution in [1.29, 1.82) is 0 Å². The van der Waals surface area contributed by atoms with Gasteiger partial charge in [0.1, 0.15) is 29.1 Å². The average Bonchev–Trinajstić information content (AvgIpc) is 3.50. The number of ether oxygens (including phenoxy) is 1. The minimum atomic E-state index is -0.481. The molecule has 5 rings (SSSR count). The summed E-state index contributed by atoms with van der Waals surface area (Å²) >= 11 is 5.70. The van der Waals surface area contributed by atoms with Crippen LogP contribution in [0, 0.1) is 22.9 Å². The third kappa shape index (κ3) is 4.16. The van der Waals surface area contributed by atoms with Crippen LogP contribution in [0.1, 0.15) is 29.1 Å². The molecule has 1 aliphatic rings. The molecule has 1 N–H and O–H groups in total. The number of rotatable bonds is 6. The largest absolute Gasteiger partial charge is 0.496 e. The highest BCUT2D eigenvalue weighted by Crippen LogP contribution is 2.44. The summed E-state index contributed by atoms with van der Waals surface area (Å²) < 4.78 is 25.7. The van der Waals surface area contributed by atoms with E-state index < -0.39 is 11.0 Å². The van der Waals surface area contributed by atoms with Gasteiger partial charge in [-0.1, -0.05) is 6.07 Å². The number of benzene rings is 2. The van der Waals surface area contributed by atoms with Crippen molar-refractivity contribution in [3.63, 3.8) is 0 Å². The number of aryl methyl sites for hydroxylation is 1. The fourth-order valence-electron chi connectivity index (χ4n) is 4.35. The Morgan fingerprint density at radius 2 is 2.00 bits per heavy atom. The summed E-state index contributed by atoms with van der Waals surface area (Å²) in [6.07, 6.45) is 1.71. The average molecular weight is 505 g/mol. The van der Waals surface area contributed by atoms with E-state index in [2.05, 4.69) is 10.3 Å². The summed E-state index contributed by atoms with van der Waals surface area (Å²) in [5.74, 6) is 1.07. The number of nitro benzene ring substituents is 1. The van der Waals surface area contributed by atoms with Crippen molar-refractivity contribution >= 4 is 28.7 Å². The molecule has 36 heavy (non-hydrogen) atoms. The lowest BCUT2D eigenvalue weighted by atomic mass is 10.0. The number of anilines is 1. The lowest BCUT2D eigenvalue weighted by Crippen LogP contribution is -2.29. The number of nitrogens with one attached hydrogen (secondary N) is 1. The van der Waals surface area contributed by atoms with Gasteiger partial charge in [-0.2, -0.15) is 0 Å². The predicted molar refractivity (Wildman–Crippen MR) is 136 cm³/mol. The van der Waals surface area contributed by atoms with Gasteiger partial charge in [0.05, 0.1) is 35.4 Å². The van der Waals surface area contributed by atoms with Crippen molar-refractivity contribution in [3.8, 4) is 17.1 Å². The molecule has 10 heteroatoms. The number of hydrogen-bond acceptors (Lipinski definition) is 6. The first-order valence-corrected chi connectivity index (χ1v) is 11.5. The Kier molecular flexibility index (Phi) is 6.11. The van der Waals surface area contributed by atoms with Crippen molar-refractivity contribution < 1.29 is 18.5 Å². The molecule has 2 aromatic heterocycles. The van der Waals surface area contributed by atoms with Crippen molar-refractivity contribution in [2.45, 2.75) is 19.0 Å². The Morgan fingerprint density at radius 1 is 1.17 bits per heavy atom. The molecule has 4 aromatic rings. The Hall–Kier alpha value is -4.31. The van der Waals surface area contributed by atoms with Crippen LogP contribution in [-0.4, -0.2) is 22.1 Å². The molecule has 3 heterocycles. The topological polar surface area (TPSA) is 93.7 Å². The molecule has 182 valence electrons. The smallest absolute Gasteiger partial charge is 0.273 e. The highest BCUT2D eigenvalue weighted by molar-refractivity contribution is 7.80. The highest BCUT2D eigenvalue weighted by Gasteiger charge is 2.42. The van der Waals surface area contributed by atoms with Crippen LogP contribution in [0.4, 0.5) is 15.8 Å². The van der Waals surface area contributed by atoms with Crippen LogP contribution < -0.4 is 15.0 Å². The van der Waals surface area contributed by atoms with Crippen LogP contribution in [0.3, 0.4) is 0 Å². The minimum absolute atomic E-state index is 0.0826. The number of aromatic nitrogens is 1. The normalized spacial score (nSPS) is 17.2. The molecule has 0 bridgehead atoms. The standard InChI is InChI=1S/C26H21FN4O4S/c1-15-13-16(7-9-19(15)27)30-25(24(29-26(30)36)20-5-3-4-12-28-20)22-11-10-21(35-22)18-8-6-17(31(32)33)14-23(18)34-2/h3-14,24-25H,1-2H3,(H,29,36)/t24-,25+/m1/s1. The second-order valence-electron chi connectivity index (χ2n) is 8.27. The van der Waals surface area contributed by atoms with E-state index in [0.29, 0.717) is 39.2 Å². The van der Waals surface area contributed by atoms with E-state index in [1.165, 1.54) is 25.3 Å². The van der Waals surface area contributed by atoms with Gasteiger partial charge in [-0.05, 0) is 73.2 Å². The summed E-state index contributed by atoms with van der Waals surface area (Å²) in [5, 5.41) is 15.0. The van der Waals surface area contributed by atoms with E-state index in [-0.39, 0.29) is 17.5 Å². The number of furan rings is 1. The van der Waals surface area contributed by atoms with Gasteiger partial charge in [-0.3, -0.25) is 15.1 Å². The summed E-state index contributed by atoms with van der Waals surface area (Å²) in [4.78, 5) is 17.1. The SMILES string of the molecule is COc1cc([N+](=O)[O-])ccc1-c1ccc([C@H]2[C@@H](c3ccccn3)NC(=S)N2c2ccc(F)c(C)c2)o1. The van der Waals surface area contributed by atoms with Gasteiger partial charge in [0, 0.05) is 18.0 Å². The van der Waals surface area contributed by atoms with E-state index >= 15 is 0 Å². The summed E-state index contributed by atoms with van der Waals surface area (Å²) in [7, 11) is 1.45. The quantitative estimate of drug-likeness (QED) is 0.198. The maximum absolute atomic E-state index is 14.0. The molecule has 2 aromatic carbocycles. The Balaban J connectivity index is 1.60. The zero-order valence-corrected chi connectivity index (χ0v) is 20.2. The van der Waals surface area contributed by atoms with E-state index in [1.54, 1.807) is 37.4 Å². The Bertz CT molecular complexity index is 1460. The highest BCUT2D eigenvalue weighted by atomic mass is 32.1. The molecule has 0 unspecified atom stereocenters. The summed E-state index contributed by atoms with van der Waals surface area (Å²) in [5.41, 5.74) is 2.45. The summed E-state index contributed by atoms with van der Waals surface area (Å²) in [6.45, 7) is 1.70. The number of non-ortho nitro benzene ring substituents is 1. The van der Waals surface area contributed by atoms with Crippen molar-refractivity contribution in [3.05, 3.63) is 106 Å². The van der Waals surface area contributed by atoms with Crippen LogP contribution in [0.5, 0.6) is 5.75 Å². The second kappa shape index (κ2) is 9.38. The molecule has 8 nitrogen and oxygen atoms in total. The number of nitrogens with zero attached hydrogens (tertiary/aromatic N) is 3. The molecule has 0 radical (unpaired) electrons. The fourth-order valence-corrected chi connectivity index (χ4v) is 4.70. The number of pyridine rings is 1. The molecule has 0 amide bonds. The molecule has 2 atom stereocenters. The maximum atomic E-state index is 14.0. The number of methoxy groups -OCH3 is 1. The van der Waals surface area contributed by atoms with Gasteiger partial charge in [0.25, 0.3) is 5.69 Å². The third-order valence-electron chi connectivity index (χ3n) is 6.10. The maximum Gasteiger partial charge on any atom is 0.273 e. The molecule has 1 fully saturated rings. The lowest BCUT2D eigenvalue weighted by Gasteiger charge is -2.26. The second-order valence-corrected chi connectivity index (χ2v) is 8.66. The number of halogens is 1. The first-order chi connectivity index (χ1) is 17.4. The monoisotopic (exact) mass is 504 g/mol. The lowest BCUT2D eigenvalue weighted by molar-refractivity contribution is -0.384. The number of hydrogen-bond donors (Lipinski definition) is 1. The van der Waals surface area contributed by atoms with Gasteiger partial charge in [-0.15, -0.1) is 0 Å². The molecular weight excluding hydrogens is 483 g/mol. The van der Waals surface area contributed by atoms with Crippen molar-refractivity contribution in [2.24, 2.45) is 0 Å². The minimum Gasteiger partial charge on any atom is -0.496 e. The van der Waals surface area contributed by atoms with Gasteiger partial charge in [-0.25, -0.2) is 4.39 Å². The van der Waals surface area contributed by atoms with Gasteiger partial charge >= 0.3 is 0 Å². The molecule has 1 saturated heterocycles. The predicted octanol–water partition coefficient (Wildman–Crippen LogP) is 5.88. The van der Waals surface area contributed by atoms with Crippen LogP contribution in [0.15, 0.2) is 77.3 Å². The zero-order valence-electron chi connectivity index (χ0n) is 19.3. The van der Waals surface area contributed by atoms with E-state index in [4.69, 9.17) is 21.4 Å². The molecular formula is C26H21FN4O4S. The van der Waals surface area contributed by atoms with E-state index in [9.17, 15) is 14.5 Å². The molecule has 0 spiro atoms. The van der Waals surface area contributed by atoms with E-state index in [1.807, 2.05) is 29.2 Å². The first kappa shape index (κ1) is 23.4. The number of thiocarbonyl (C=S) groups is 1. The summed E-state index contributed by atoms with van der Waals surface area (Å²) in [6, 6.07) is 17.6.